The van der Waals surface area contributed by atoms with Crippen LogP contribution in [0.4, 0.5) is 0 Å². The Morgan fingerprint density at radius 1 is 0.853 bits per heavy atom. The number of nitrogens with one attached hydrogen (secondary N) is 1. The van der Waals surface area contributed by atoms with Crippen molar-refractivity contribution in [2.24, 2.45) is 5.10 Å². The molecule has 4 aromatic carbocycles. The number of piperazine rings is 1. The van der Waals surface area contributed by atoms with Crippen LogP contribution in [0.3, 0.4) is 0 Å². The number of carbonyl (C=O) groups is 1. The molecule has 0 atom stereocenters. The number of hydrogen-bond donors (Lipinski definition) is 1. The molecule has 172 valence electrons. The highest BCUT2D eigenvalue weighted by molar-refractivity contribution is 6.30. The fourth-order valence-corrected chi connectivity index (χ4v) is 4.67. The Morgan fingerprint density at radius 3 is 2.09 bits per heavy atom. The van der Waals surface area contributed by atoms with Gasteiger partial charge in [-0.3, -0.25) is 14.6 Å². The molecule has 5 nitrogen and oxygen atoms in total. The van der Waals surface area contributed by atoms with Gasteiger partial charge in [0.2, 0.25) is 0 Å². The Hall–Kier alpha value is -3.25. The van der Waals surface area contributed by atoms with Crippen LogP contribution in [-0.2, 0) is 11.3 Å². The summed E-state index contributed by atoms with van der Waals surface area (Å²) in [5, 5.41) is 9.63. The summed E-state index contributed by atoms with van der Waals surface area (Å²) in [6, 6.07) is 26.7. The summed E-state index contributed by atoms with van der Waals surface area (Å²) in [6.45, 7) is 4.84. The second kappa shape index (κ2) is 10.3. The van der Waals surface area contributed by atoms with Crippen LogP contribution in [0.2, 0.25) is 5.02 Å². The highest BCUT2D eigenvalue weighted by atomic mass is 35.5. The van der Waals surface area contributed by atoms with E-state index in [1.165, 1.54) is 5.56 Å². The van der Waals surface area contributed by atoms with E-state index >= 15 is 0 Å². The van der Waals surface area contributed by atoms with Gasteiger partial charge in [0.25, 0.3) is 5.91 Å². The molecule has 1 aliphatic heterocycles. The number of fused-ring (bicyclic) bond motifs is 2. The highest BCUT2D eigenvalue weighted by Crippen LogP contribution is 2.27. The van der Waals surface area contributed by atoms with Crippen LogP contribution in [0.5, 0.6) is 0 Å². The molecule has 0 aromatic heterocycles. The SMILES string of the molecule is O=C(CN1CCN(Cc2ccc(Cl)cc2)CC1)N/N=C\c1c2ccccc2cc2ccccc12. The second-order valence-electron chi connectivity index (χ2n) is 8.70. The van der Waals surface area contributed by atoms with Gasteiger partial charge in [-0.2, -0.15) is 5.10 Å². The minimum Gasteiger partial charge on any atom is -0.297 e. The molecule has 0 saturated carbocycles. The standard InChI is InChI=1S/C28H27ClN4O/c29-24-11-9-21(10-12-24)19-32-13-15-33(16-14-32)20-28(34)31-30-18-27-25-7-3-1-5-22(25)17-23-6-2-4-8-26(23)27/h1-12,17-18H,13-16,19-20H2,(H,31,34)/b30-18-. The average molecular weight is 471 g/mol. The van der Waals surface area contributed by atoms with Crippen molar-refractivity contribution in [3.8, 4) is 0 Å². The minimum atomic E-state index is -0.0908. The van der Waals surface area contributed by atoms with Crippen molar-refractivity contribution in [1.82, 2.24) is 15.2 Å². The van der Waals surface area contributed by atoms with E-state index in [0.717, 1.165) is 64.9 Å². The molecular formula is C28H27ClN4O. The second-order valence-corrected chi connectivity index (χ2v) is 9.14. The summed E-state index contributed by atoms with van der Waals surface area (Å²) in [5.41, 5.74) is 5.00. The number of benzene rings is 4. The topological polar surface area (TPSA) is 47.9 Å². The number of halogens is 1. The number of amides is 1. The number of carbonyl (C=O) groups excluding carboxylic acids is 1. The lowest BCUT2D eigenvalue weighted by Crippen LogP contribution is -2.48. The minimum absolute atomic E-state index is 0.0908. The van der Waals surface area contributed by atoms with Gasteiger partial charge in [0.05, 0.1) is 12.8 Å². The molecule has 1 fully saturated rings. The first kappa shape index (κ1) is 22.5. The van der Waals surface area contributed by atoms with Gasteiger partial charge in [-0.15, -0.1) is 0 Å². The summed E-state index contributed by atoms with van der Waals surface area (Å²) >= 11 is 5.98. The van der Waals surface area contributed by atoms with E-state index in [1.807, 2.05) is 36.4 Å². The van der Waals surface area contributed by atoms with Gasteiger partial charge in [0, 0.05) is 43.3 Å². The third-order valence-electron chi connectivity index (χ3n) is 6.35. The number of rotatable bonds is 6. The number of nitrogens with zero attached hydrogens (tertiary/aromatic N) is 3. The summed E-state index contributed by atoms with van der Waals surface area (Å²) < 4.78 is 0. The molecule has 1 N–H and O–H groups in total. The Bertz CT molecular complexity index is 1270. The van der Waals surface area contributed by atoms with Crippen LogP contribution in [0.15, 0.2) is 84.0 Å². The summed E-state index contributed by atoms with van der Waals surface area (Å²) in [4.78, 5) is 17.1. The summed E-state index contributed by atoms with van der Waals surface area (Å²) in [5.74, 6) is -0.0908. The van der Waals surface area contributed by atoms with Gasteiger partial charge >= 0.3 is 0 Å². The third kappa shape index (κ3) is 5.28. The maximum absolute atomic E-state index is 12.5. The molecule has 0 radical (unpaired) electrons. The van der Waals surface area contributed by atoms with E-state index in [-0.39, 0.29) is 5.91 Å². The molecule has 6 heteroatoms. The fraction of sp³-hybridized carbons (Fsp3) is 0.214. The summed E-state index contributed by atoms with van der Waals surface area (Å²) in [6.07, 6.45) is 1.77. The molecule has 1 saturated heterocycles. The van der Waals surface area contributed by atoms with Crippen LogP contribution in [0, 0.1) is 0 Å². The normalized spacial score (nSPS) is 15.3. The lowest BCUT2D eigenvalue weighted by atomic mass is 9.97. The van der Waals surface area contributed by atoms with Crippen molar-refractivity contribution in [2.45, 2.75) is 6.54 Å². The number of hydrazone groups is 1. The van der Waals surface area contributed by atoms with Gasteiger partial charge < -0.3 is 0 Å². The van der Waals surface area contributed by atoms with E-state index in [9.17, 15) is 4.79 Å². The molecule has 34 heavy (non-hydrogen) atoms. The van der Waals surface area contributed by atoms with Crippen LogP contribution >= 0.6 is 11.6 Å². The highest BCUT2D eigenvalue weighted by Gasteiger charge is 2.19. The zero-order chi connectivity index (χ0) is 23.3. The van der Waals surface area contributed by atoms with E-state index in [2.05, 4.69) is 62.8 Å². The quantitative estimate of drug-likeness (QED) is 0.247. The molecule has 1 amide bonds. The fourth-order valence-electron chi connectivity index (χ4n) is 4.55. The first-order valence-electron chi connectivity index (χ1n) is 11.6. The predicted octanol–water partition coefficient (Wildman–Crippen LogP) is 4.91. The van der Waals surface area contributed by atoms with Crippen molar-refractivity contribution >= 4 is 45.3 Å². The van der Waals surface area contributed by atoms with Crippen LogP contribution in [0.25, 0.3) is 21.5 Å². The van der Waals surface area contributed by atoms with Crippen LogP contribution < -0.4 is 5.43 Å². The third-order valence-corrected chi connectivity index (χ3v) is 6.60. The molecule has 0 unspecified atom stereocenters. The molecule has 5 rings (SSSR count). The molecular weight excluding hydrogens is 444 g/mol. The first-order valence-corrected chi connectivity index (χ1v) is 11.9. The van der Waals surface area contributed by atoms with Gasteiger partial charge in [0.1, 0.15) is 0 Å². The molecule has 1 aliphatic rings. The van der Waals surface area contributed by atoms with Crippen LogP contribution in [0.1, 0.15) is 11.1 Å². The molecule has 1 heterocycles. The van der Waals surface area contributed by atoms with Crippen molar-refractivity contribution in [2.75, 3.05) is 32.7 Å². The lowest BCUT2D eigenvalue weighted by molar-refractivity contribution is -0.122. The smallest absolute Gasteiger partial charge is 0.254 e. The van der Waals surface area contributed by atoms with Crippen molar-refractivity contribution in [1.29, 1.82) is 0 Å². The van der Waals surface area contributed by atoms with Gasteiger partial charge in [0.15, 0.2) is 0 Å². The summed E-state index contributed by atoms with van der Waals surface area (Å²) in [7, 11) is 0. The molecule has 0 aliphatic carbocycles. The predicted molar refractivity (Wildman–Crippen MR) is 140 cm³/mol. The van der Waals surface area contributed by atoms with Gasteiger partial charge in [-0.25, -0.2) is 5.43 Å². The van der Waals surface area contributed by atoms with Crippen molar-refractivity contribution in [3.63, 3.8) is 0 Å². The molecule has 0 spiro atoms. The van der Waals surface area contributed by atoms with Crippen molar-refractivity contribution < 1.29 is 4.79 Å². The zero-order valence-electron chi connectivity index (χ0n) is 19.0. The number of hydrogen-bond acceptors (Lipinski definition) is 4. The van der Waals surface area contributed by atoms with Gasteiger partial charge in [-0.1, -0.05) is 72.3 Å². The monoisotopic (exact) mass is 470 g/mol. The Labute approximate surface area is 204 Å². The Balaban J connectivity index is 1.17. The molecule has 0 bridgehead atoms. The largest absolute Gasteiger partial charge is 0.297 e. The van der Waals surface area contributed by atoms with Crippen LogP contribution in [-0.4, -0.2) is 54.6 Å². The van der Waals surface area contributed by atoms with E-state index < -0.39 is 0 Å². The van der Waals surface area contributed by atoms with E-state index in [0.29, 0.717) is 6.54 Å². The maximum Gasteiger partial charge on any atom is 0.254 e. The zero-order valence-corrected chi connectivity index (χ0v) is 19.7. The Morgan fingerprint density at radius 2 is 1.44 bits per heavy atom. The average Bonchev–Trinajstić information content (AvgIpc) is 2.86. The van der Waals surface area contributed by atoms with E-state index in [1.54, 1.807) is 6.21 Å². The molecule has 4 aromatic rings. The lowest BCUT2D eigenvalue weighted by Gasteiger charge is -2.34. The van der Waals surface area contributed by atoms with Crippen molar-refractivity contribution in [3.05, 3.63) is 95.0 Å². The Kier molecular flexibility index (Phi) is 6.86. The van der Waals surface area contributed by atoms with Gasteiger partial charge in [-0.05, 0) is 45.3 Å². The maximum atomic E-state index is 12.5. The van der Waals surface area contributed by atoms with E-state index in [4.69, 9.17) is 11.6 Å². The first-order chi connectivity index (χ1) is 16.7.